The highest BCUT2D eigenvalue weighted by molar-refractivity contribution is 5.48. The van der Waals surface area contributed by atoms with Gasteiger partial charge in [0.2, 0.25) is 0 Å². The molecule has 3 aromatic carbocycles. The maximum atomic E-state index is 3.83. The van der Waals surface area contributed by atoms with Crippen molar-refractivity contribution in [3.05, 3.63) is 114 Å². The normalized spacial score (nSPS) is 11.8. The van der Waals surface area contributed by atoms with E-state index < -0.39 is 0 Å². The molecular formula is C22H20. The standard InChI is InChI=1S/C22H20/c1-2-18-13-15-21(16-14-18)22(20-11-7-4-8-12-20)17-19-9-5-3-6-10-19/h2-16,22H,1,17H2. The lowest BCUT2D eigenvalue weighted by molar-refractivity contribution is 0.805. The fourth-order valence-electron chi connectivity index (χ4n) is 2.83. The van der Waals surface area contributed by atoms with Crippen molar-refractivity contribution in [2.24, 2.45) is 0 Å². The van der Waals surface area contributed by atoms with Crippen LogP contribution in [0.4, 0.5) is 0 Å². The average molecular weight is 284 g/mol. The Labute approximate surface area is 132 Å². The van der Waals surface area contributed by atoms with Gasteiger partial charge in [0.15, 0.2) is 0 Å². The Morgan fingerprint density at radius 3 is 1.82 bits per heavy atom. The Kier molecular flexibility index (Phi) is 4.50. The molecule has 1 unspecified atom stereocenters. The highest BCUT2D eigenvalue weighted by atomic mass is 14.2. The lowest BCUT2D eigenvalue weighted by atomic mass is 9.85. The maximum Gasteiger partial charge on any atom is 0.0130 e. The molecule has 0 aromatic heterocycles. The number of hydrogen-bond acceptors (Lipinski definition) is 0. The van der Waals surface area contributed by atoms with Crippen molar-refractivity contribution in [3.63, 3.8) is 0 Å². The lowest BCUT2D eigenvalue weighted by Crippen LogP contribution is -2.05. The first kappa shape index (κ1) is 14.3. The van der Waals surface area contributed by atoms with Crippen LogP contribution in [0.2, 0.25) is 0 Å². The van der Waals surface area contributed by atoms with Crippen molar-refractivity contribution in [1.82, 2.24) is 0 Å². The predicted molar refractivity (Wildman–Crippen MR) is 95.0 cm³/mol. The van der Waals surface area contributed by atoms with Crippen molar-refractivity contribution < 1.29 is 0 Å². The second-order valence-corrected chi connectivity index (χ2v) is 5.52. The average Bonchev–Trinajstić information content (AvgIpc) is 2.61. The molecule has 3 aromatic rings. The molecule has 0 heterocycles. The molecule has 0 spiro atoms. The number of hydrogen-bond donors (Lipinski definition) is 0. The van der Waals surface area contributed by atoms with E-state index in [-0.39, 0.29) is 0 Å². The molecule has 0 radical (unpaired) electrons. The van der Waals surface area contributed by atoms with Gasteiger partial charge in [-0.3, -0.25) is 0 Å². The fraction of sp³-hybridized carbons (Fsp3) is 0.0909. The largest absolute Gasteiger partial charge is 0.0985 e. The molecule has 0 N–H and O–H groups in total. The van der Waals surface area contributed by atoms with E-state index in [0.29, 0.717) is 5.92 Å². The summed E-state index contributed by atoms with van der Waals surface area (Å²) in [6, 6.07) is 30.2. The molecule has 0 nitrogen and oxygen atoms in total. The van der Waals surface area contributed by atoms with Crippen LogP contribution >= 0.6 is 0 Å². The van der Waals surface area contributed by atoms with Gasteiger partial charge in [0.25, 0.3) is 0 Å². The SMILES string of the molecule is C=Cc1ccc(C(Cc2ccccc2)c2ccccc2)cc1. The Morgan fingerprint density at radius 2 is 1.23 bits per heavy atom. The third kappa shape index (κ3) is 3.35. The van der Waals surface area contributed by atoms with Crippen LogP contribution in [0.15, 0.2) is 91.5 Å². The first-order valence-corrected chi connectivity index (χ1v) is 7.68. The summed E-state index contributed by atoms with van der Waals surface area (Å²) in [5.41, 5.74) is 5.23. The van der Waals surface area contributed by atoms with Crippen LogP contribution in [0.1, 0.15) is 28.2 Å². The Bertz CT molecular complexity index is 709. The van der Waals surface area contributed by atoms with Gasteiger partial charge in [-0.2, -0.15) is 0 Å². The van der Waals surface area contributed by atoms with Crippen LogP contribution in [0.25, 0.3) is 6.08 Å². The Balaban J connectivity index is 1.96. The van der Waals surface area contributed by atoms with Crippen LogP contribution in [0, 0.1) is 0 Å². The molecule has 22 heavy (non-hydrogen) atoms. The summed E-state index contributed by atoms with van der Waals surface area (Å²) < 4.78 is 0. The molecule has 0 amide bonds. The number of rotatable bonds is 5. The van der Waals surface area contributed by atoms with E-state index in [4.69, 9.17) is 0 Å². The second kappa shape index (κ2) is 6.91. The molecule has 0 aliphatic carbocycles. The van der Waals surface area contributed by atoms with Gasteiger partial charge in [-0.25, -0.2) is 0 Å². The van der Waals surface area contributed by atoms with Crippen molar-refractivity contribution in [2.75, 3.05) is 0 Å². The zero-order valence-corrected chi connectivity index (χ0v) is 12.7. The smallest absolute Gasteiger partial charge is 0.0130 e. The van der Waals surface area contributed by atoms with Gasteiger partial charge in [0.1, 0.15) is 0 Å². The molecule has 0 aliphatic heterocycles. The molecule has 0 saturated heterocycles. The molecular weight excluding hydrogens is 264 g/mol. The third-order valence-electron chi connectivity index (χ3n) is 4.06. The van der Waals surface area contributed by atoms with Gasteiger partial charge >= 0.3 is 0 Å². The van der Waals surface area contributed by atoms with E-state index >= 15 is 0 Å². The van der Waals surface area contributed by atoms with Crippen molar-refractivity contribution in [3.8, 4) is 0 Å². The van der Waals surface area contributed by atoms with E-state index in [1.807, 2.05) is 6.08 Å². The highest BCUT2D eigenvalue weighted by Crippen LogP contribution is 2.28. The van der Waals surface area contributed by atoms with E-state index in [9.17, 15) is 0 Å². The van der Waals surface area contributed by atoms with E-state index in [1.54, 1.807) is 0 Å². The topological polar surface area (TPSA) is 0 Å². The summed E-state index contributed by atoms with van der Waals surface area (Å²) >= 11 is 0. The summed E-state index contributed by atoms with van der Waals surface area (Å²) in [5, 5.41) is 0. The fourth-order valence-corrected chi connectivity index (χ4v) is 2.83. The first-order chi connectivity index (χ1) is 10.9. The molecule has 1 atom stereocenters. The molecule has 0 bridgehead atoms. The second-order valence-electron chi connectivity index (χ2n) is 5.52. The molecule has 0 heteroatoms. The van der Waals surface area contributed by atoms with Crippen molar-refractivity contribution >= 4 is 6.08 Å². The van der Waals surface area contributed by atoms with E-state index in [0.717, 1.165) is 12.0 Å². The molecule has 0 saturated carbocycles. The Hall–Kier alpha value is -2.60. The van der Waals surface area contributed by atoms with Crippen molar-refractivity contribution in [1.29, 1.82) is 0 Å². The van der Waals surface area contributed by atoms with Crippen LogP contribution in [-0.2, 0) is 6.42 Å². The van der Waals surface area contributed by atoms with Crippen LogP contribution in [-0.4, -0.2) is 0 Å². The van der Waals surface area contributed by atoms with Gasteiger partial charge in [-0.05, 0) is 28.7 Å². The van der Waals surface area contributed by atoms with Crippen molar-refractivity contribution in [2.45, 2.75) is 12.3 Å². The summed E-state index contributed by atoms with van der Waals surface area (Å²) in [4.78, 5) is 0. The molecule has 0 fully saturated rings. The minimum absolute atomic E-state index is 0.377. The maximum absolute atomic E-state index is 3.83. The van der Waals surface area contributed by atoms with Crippen LogP contribution < -0.4 is 0 Å². The summed E-state index contributed by atoms with van der Waals surface area (Å²) in [5.74, 6) is 0.377. The minimum atomic E-state index is 0.377. The molecule has 108 valence electrons. The highest BCUT2D eigenvalue weighted by Gasteiger charge is 2.14. The Morgan fingerprint density at radius 1 is 0.682 bits per heavy atom. The monoisotopic (exact) mass is 284 g/mol. The lowest BCUT2D eigenvalue weighted by Gasteiger charge is -2.18. The summed E-state index contributed by atoms with van der Waals surface area (Å²) in [6.07, 6.45) is 2.90. The third-order valence-corrected chi connectivity index (χ3v) is 4.06. The van der Waals surface area contributed by atoms with Crippen LogP contribution in [0.3, 0.4) is 0 Å². The summed E-state index contributed by atoms with van der Waals surface area (Å²) in [6.45, 7) is 3.83. The quantitative estimate of drug-likeness (QED) is 0.563. The van der Waals surface area contributed by atoms with E-state index in [1.165, 1.54) is 16.7 Å². The summed E-state index contributed by atoms with van der Waals surface area (Å²) in [7, 11) is 0. The van der Waals surface area contributed by atoms with Gasteiger partial charge < -0.3 is 0 Å². The van der Waals surface area contributed by atoms with Gasteiger partial charge in [-0.15, -0.1) is 0 Å². The molecule has 3 rings (SSSR count). The predicted octanol–water partition coefficient (Wildman–Crippen LogP) is 5.70. The van der Waals surface area contributed by atoms with E-state index in [2.05, 4.69) is 91.5 Å². The minimum Gasteiger partial charge on any atom is -0.0985 e. The van der Waals surface area contributed by atoms with Gasteiger partial charge in [0, 0.05) is 5.92 Å². The van der Waals surface area contributed by atoms with Gasteiger partial charge in [-0.1, -0.05) is 97.6 Å². The number of benzene rings is 3. The first-order valence-electron chi connectivity index (χ1n) is 7.68. The molecule has 0 aliphatic rings. The van der Waals surface area contributed by atoms with Crippen LogP contribution in [0.5, 0.6) is 0 Å². The van der Waals surface area contributed by atoms with Gasteiger partial charge in [0.05, 0.1) is 0 Å². The zero-order valence-electron chi connectivity index (χ0n) is 12.7. The zero-order chi connectivity index (χ0) is 15.2.